The molecule has 4 aromatic carbocycles. The van der Waals surface area contributed by atoms with E-state index in [9.17, 15) is 25.9 Å². The molecule has 2 aliphatic carbocycles. The first kappa shape index (κ1) is 47.9. The number of halogens is 1. The first-order valence-corrected chi connectivity index (χ1v) is 30.7. The molecule has 4 aromatic rings. The maximum Gasteiger partial charge on any atom is 0.199 e. The fourth-order valence-electron chi connectivity index (χ4n) is 9.14. The van der Waals surface area contributed by atoms with Gasteiger partial charge < -0.3 is 18.9 Å². The van der Waals surface area contributed by atoms with E-state index in [4.69, 9.17) is 0 Å². The molecule has 2 heterocycles. The molecule has 0 atom stereocenters. The Morgan fingerprint density at radius 2 is 0.923 bits per heavy atom. The van der Waals surface area contributed by atoms with Crippen molar-refractivity contribution in [1.29, 1.82) is 0 Å². The van der Waals surface area contributed by atoms with Crippen molar-refractivity contribution in [3.8, 4) is 0 Å². The second-order valence-corrected chi connectivity index (χ2v) is 30.8. The fraction of sp³-hybridized carbons (Fsp3) is 0.240. The van der Waals surface area contributed by atoms with Gasteiger partial charge in [0.25, 0.3) is 0 Å². The minimum atomic E-state index is -4.69. The number of hydrogen-bond donors (Lipinski definition) is 0. The van der Waals surface area contributed by atoms with Crippen molar-refractivity contribution in [1.82, 2.24) is 0 Å². The third-order valence-electron chi connectivity index (χ3n) is 12.8. The highest BCUT2D eigenvalue weighted by atomic mass is 79.9. The lowest BCUT2D eigenvalue weighted by atomic mass is 9.89. The summed E-state index contributed by atoms with van der Waals surface area (Å²) in [6.07, 6.45) is 12.7. The largest absolute Gasteiger partial charge is 0.744 e. The van der Waals surface area contributed by atoms with Crippen LogP contribution in [0.5, 0.6) is 0 Å². The van der Waals surface area contributed by atoms with Crippen molar-refractivity contribution in [3.05, 3.63) is 164 Å². The Balaban J connectivity index is 0.000000194. The van der Waals surface area contributed by atoms with Crippen LogP contribution in [0.3, 0.4) is 0 Å². The van der Waals surface area contributed by atoms with E-state index in [0.29, 0.717) is 15.6 Å². The van der Waals surface area contributed by atoms with Gasteiger partial charge in [-0.15, -0.1) is 0 Å². The molecular formula is C50H55BrN4O6S2Si2. The summed E-state index contributed by atoms with van der Waals surface area (Å²) >= 11 is 3.33. The van der Waals surface area contributed by atoms with Crippen molar-refractivity contribution in [3.63, 3.8) is 0 Å². The van der Waals surface area contributed by atoms with Gasteiger partial charge in [-0.2, -0.15) is 0 Å². The molecule has 0 fully saturated rings. The Morgan fingerprint density at radius 1 is 0.523 bits per heavy atom. The molecule has 0 saturated heterocycles. The van der Waals surface area contributed by atoms with Crippen molar-refractivity contribution >= 4 is 96.6 Å². The summed E-state index contributed by atoms with van der Waals surface area (Å²) in [6, 6.07) is 24.2. The minimum Gasteiger partial charge on any atom is -0.744 e. The molecule has 15 heteroatoms. The van der Waals surface area contributed by atoms with Crippen LogP contribution < -0.4 is 20.2 Å². The van der Waals surface area contributed by atoms with Crippen LogP contribution in [0, 0.1) is 0 Å². The second-order valence-electron chi connectivity index (χ2n) is 18.5. The van der Waals surface area contributed by atoms with E-state index in [1.807, 2.05) is 68.5 Å². The first-order chi connectivity index (χ1) is 30.2. The standard InChI is InChI=1S/C25H27BrN2O3SSi.C25H28N2O3SSi/c1-27(2)17-8-11-20-23(14-17)33(5,6)24-15-18(28(3)4)9-12-21(24)25(20)19-10-7-16(26)13-22(19)32(29,30)31;1-26(2)17-11-13-20-23(15-17)32(5,6)24-16-18(27(3)4)12-14-21(24)25(20)19-9-7-8-10-22(19)31(28,29)30/h7-15H,1-6H3;7-16H,1-6H3. The Hall–Kier alpha value is -5.01. The SMILES string of the molecule is CN(C)c1ccc2c(c1)[Si](C)(C)C1=CC(=[N+](C)C)C=CC1=C2c1ccc(Br)cc1S(=O)(=O)[O-].CN(C)c1ccc2c(c1)[Si](C)(C)C1=CC(=[N+](C)C)C=CC1=C2c1ccccc1S(=O)(=O)[O-]. The van der Waals surface area contributed by atoms with E-state index in [0.717, 1.165) is 56.2 Å². The maximum absolute atomic E-state index is 12.3. The molecule has 0 amide bonds. The number of nitrogens with zero attached hydrogens (tertiary/aromatic N) is 4. The summed E-state index contributed by atoms with van der Waals surface area (Å²) in [5, 5.41) is 4.92. The third kappa shape index (κ3) is 8.87. The van der Waals surface area contributed by atoms with Crippen LogP contribution in [0.2, 0.25) is 26.2 Å². The van der Waals surface area contributed by atoms with Gasteiger partial charge in [0.2, 0.25) is 0 Å². The van der Waals surface area contributed by atoms with Crippen LogP contribution in [0.25, 0.3) is 11.1 Å². The van der Waals surface area contributed by atoms with Crippen LogP contribution in [0.1, 0.15) is 22.3 Å². The second kappa shape index (κ2) is 17.3. The number of fused-ring (bicyclic) bond motifs is 4. The van der Waals surface area contributed by atoms with E-state index in [2.05, 4.69) is 122 Å². The van der Waals surface area contributed by atoms with Gasteiger partial charge in [-0.25, -0.2) is 26.0 Å². The lowest BCUT2D eigenvalue weighted by molar-refractivity contribution is -0.462. The molecule has 0 spiro atoms. The zero-order valence-electron chi connectivity index (χ0n) is 38.9. The van der Waals surface area contributed by atoms with Crippen molar-refractivity contribution in [2.24, 2.45) is 0 Å². The third-order valence-corrected chi connectivity index (χ3v) is 22.1. The summed E-state index contributed by atoms with van der Waals surface area (Å²) in [5.41, 5.74) is 10.9. The van der Waals surface area contributed by atoms with Crippen LogP contribution in [-0.2, 0) is 20.2 Å². The molecule has 338 valence electrons. The molecule has 0 unspecified atom stereocenters. The number of anilines is 2. The van der Waals surface area contributed by atoms with Gasteiger partial charge in [0.05, 0.1) is 9.79 Å². The molecular weight excluding hydrogens is 953 g/mol. The molecule has 10 nitrogen and oxygen atoms in total. The lowest BCUT2D eigenvalue weighted by Gasteiger charge is -2.38. The fourth-order valence-corrected chi connectivity index (χ4v) is 17.2. The zero-order valence-corrected chi connectivity index (χ0v) is 44.1. The molecule has 0 bridgehead atoms. The topological polar surface area (TPSA) is 127 Å². The number of allylic oxidation sites excluding steroid dienone is 10. The molecule has 0 aromatic heterocycles. The van der Waals surface area contributed by atoms with Gasteiger partial charge >= 0.3 is 0 Å². The number of benzene rings is 4. The van der Waals surface area contributed by atoms with Crippen LogP contribution in [0.15, 0.2) is 151 Å². The van der Waals surface area contributed by atoms with Gasteiger partial charge in [-0.05, 0) is 109 Å². The summed E-state index contributed by atoms with van der Waals surface area (Å²) < 4.78 is 78.1. The van der Waals surface area contributed by atoms with E-state index in [1.54, 1.807) is 30.3 Å². The van der Waals surface area contributed by atoms with Crippen molar-refractivity contribution in [2.45, 2.75) is 36.0 Å². The van der Waals surface area contributed by atoms with Crippen LogP contribution >= 0.6 is 15.9 Å². The molecule has 65 heavy (non-hydrogen) atoms. The van der Waals surface area contributed by atoms with Crippen LogP contribution in [-0.4, -0.2) is 119 Å². The van der Waals surface area contributed by atoms with Gasteiger partial charge in [-0.1, -0.05) is 78.5 Å². The van der Waals surface area contributed by atoms with Crippen molar-refractivity contribution in [2.75, 3.05) is 66.2 Å². The number of rotatable bonds is 6. The van der Waals surface area contributed by atoms with Gasteiger partial charge in [0.15, 0.2) is 11.4 Å². The average molecular weight is 1010 g/mol. The summed E-state index contributed by atoms with van der Waals surface area (Å²) in [5.74, 6) is 0. The van der Waals surface area contributed by atoms with E-state index in [-0.39, 0.29) is 9.79 Å². The number of hydrogen-bond acceptors (Lipinski definition) is 8. The lowest BCUT2D eigenvalue weighted by Crippen LogP contribution is -2.49. The van der Waals surface area contributed by atoms with Gasteiger partial charge in [-0.3, -0.25) is 0 Å². The van der Waals surface area contributed by atoms with Crippen LogP contribution in [0.4, 0.5) is 11.4 Å². The Morgan fingerprint density at radius 3 is 1.32 bits per heavy atom. The average Bonchev–Trinajstić information content (AvgIpc) is 3.23. The molecule has 0 N–H and O–H groups in total. The maximum atomic E-state index is 12.3. The molecule has 2 aliphatic heterocycles. The van der Waals surface area contributed by atoms with Crippen molar-refractivity contribution < 1.29 is 35.1 Å². The Kier molecular flexibility index (Phi) is 12.8. The highest BCUT2D eigenvalue weighted by Gasteiger charge is 2.42. The van der Waals surface area contributed by atoms with E-state index in [1.165, 1.54) is 32.9 Å². The van der Waals surface area contributed by atoms with Gasteiger partial charge in [0.1, 0.15) is 64.6 Å². The minimum absolute atomic E-state index is 0.179. The Labute approximate surface area is 395 Å². The normalized spacial score (nSPS) is 16.9. The van der Waals surface area contributed by atoms with E-state index < -0.39 is 36.4 Å². The predicted molar refractivity (Wildman–Crippen MR) is 273 cm³/mol. The summed E-state index contributed by atoms with van der Waals surface area (Å²) in [4.78, 5) is 3.76. The highest BCUT2D eigenvalue weighted by molar-refractivity contribution is 9.10. The first-order valence-electron chi connectivity index (χ1n) is 21.1. The molecule has 0 radical (unpaired) electrons. The Bertz CT molecular complexity index is 3200. The zero-order chi connectivity index (χ0) is 47.7. The predicted octanol–water partition coefficient (Wildman–Crippen LogP) is 7.03. The molecule has 4 aliphatic rings. The molecule has 8 rings (SSSR count). The summed E-state index contributed by atoms with van der Waals surface area (Å²) in [6.45, 7) is 9.31. The summed E-state index contributed by atoms with van der Waals surface area (Å²) in [7, 11) is 2.51. The molecule has 0 saturated carbocycles. The van der Waals surface area contributed by atoms with E-state index >= 15 is 0 Å². The monoisotopic (exact) mass is 1010 g/mol. The smallest absolute Gasteiger partial charge is 0.199 e. The highest BCUT2D eigenvalue weighted by Crippen LogP contribution is 2.45. The van der Waals surface area contributed by atoms with Gasteiger partial charge in [0, 0.05) is 79.5 Å². The quantitative estimate of drug-likeness (QED) is 0.115.